The Balaban J connectivity index is 2.55. The first kappa shape index (κ1) is 8.68. The van der Waals surface area contributed by atoms with Gasteiger partial charge in [0.25, 0.3) is 0 Å². The van der Waals surface area contributed by atoms with Crippen LogP contribution in [0.15, 0.2) is 30.6 Å². The fourth-order valence-corrected chi connectivity index (χ4v) is 1.15. The molecular weight excluding hydrogens is 188 g/mol. The molecule has 0 aliphatic carbocycles. The summed E-state index contributed by atoms with van der Waals surface area (Å²) in [6.07, 6.45) is 2.16. The molecule has 2 rings (SSSR count). The van der Waals surface area contributed by atoms with Crippen molar-refractivity contribution in [3.05, 3.63) is 42.2 Å². The molecule has 1 heterocycles. The maximum absolute atomic E-state index is 12.8. The molecule has 1 aromatic carbocycles. The predicted molar refractivity (Wildman–Crippen MR) is 47.9 cm³/mol. The van der Waals surface area contributed by atoms with Gasteiger partial charge in [0.2, 0.25) is 0 Å². The molecule has 5 heteroatoms. The summed E-state index contributed by atoms with van der Waals surface area (Å²) in [6, 6.07) is 3.84. The molecule has 2 N–H and O–H groups in total. The van der Waals surface area contributed by atoms with E-state index in [1.807, 2.05) is 0 Å². The lowest BCUT2D eigenvalue weighted by molar-refractivity contribution is 0.622. The molecule has 0 spiro atoms. The summed E-state index contributed by atoms with van der Waals surface area (Å²) in [7, 11) is 0. The van der Waals surface area contributed by atoms with Gasteiger partial charge in [-0.1, -0.05) is 0 Å². The molecule has 0 aliphatic heterocycles. The number of hydrogen-bond donors (Lipinski definition) is 1. The van der Waals surface area contributed by atoms with Gasteiger partial charge in [-0.15, -0.1) is 0 Å². The van der Waals surface area contributed by atoms with Gasteiger partial charge in [0.05, 0.1) is 23.8 Å². The summed E-state index contributed by atoms with van der Waals surface area (Å²) in [4.78, 5) is 0. The second-order valence-corrected chi connectivity index (χ2v) is 2.81. The van der Waals surface area contributed by atoms with Gasteiger partial charge in [-0.25, -0.2) is 13.5 Å². The van der Waals surface area contributed by atoms with Crippen molar-refractivity contribution in [3.63, 3.8) is 0 Å². The lowest BCUT2D eigenvalue weighted by Crippen LogP contribution is -2.00. The standard InChI is InChI=1S/C9H7F2N3/c10-6-1-2-8(12)9(3-6)14-5-7(11)4-13-14/h1-5H,12H2. The third-order valence-electron chi connectivity index (χ3n) is 1.79. The molecular formula is C9H7F2N3. The van der Waals surface area contributed by atoms with Crippen molar-refractivity contribution in [1.29, 1.82) is 0 Å². The smallest absolute Gasteiger partial charge is 0.161 e. The Kier molecular flexibility index (Phi) is 1.92. The highest BCUT2D eigenvalue weighted by Crippen LogP contribution is 2.17. The van der Waals surface area contributed by atoms with Gasteiger partial charge in [-0.3, -0.25) is 0 Å². The van der Waals surface area contributed by atoms with Crippen LogP contribution in [0, 0.1) is 11.6 Å². The van der Waals surface area contributed by atoms with Crippen molar-refractivity contribution in [1.82, 2.24) is 9.78 Å². The van der Waals surface area contributed by atoms with Gasteiger partial charge in [-0.2, -0.15) is 5.10 Å². The maximum atomic E-state index is 12.8. The Labute approximate surface area is 78.8 Å². The number of nitrogen functional groups attached to an aromatic ring is 1. The number of anilines is 1. The summed E-state index contributed by atoms with van der Waals surface area (Å²) in [6.45, 7) is 0. The van der Waals surface area contributed by atoms with E-state index in [2.05, 4.69) is 5.10 Å². The Bertz CT molecular complexity index is 465. The van der Waals surface area contributed by atoms with Crippen molar-refractivity contribution in [2.75, 3.05) is 5.73 Å². The van der Waals surface area contributed by atoms with Gasteiger partial charge in [-0.05, 0) is 12.1 Å². The zero-order valence-corrected chi connectivity index (χ0v) is 7.11. The quantitative estimate of drug-likeness (QED) is 0.704. The number of nitrogens with two attached hydrogens (primary N) is 1. The predicted octanol–water partition coefficient (Wildman–Crippen LogP) is 1.73. The fourth-order valence-electron chi connectivity index (χ4n) is 1.15. The molecule has 0 bridgehead atoms. The van der Waals surface area contributed by atoms with E-state index in [9.17, 15) is 8.78 Å². The summed E-state index contributed by atoms with van der Waals surface area (Å²) >= 11 is 0. The van der Waals surface area contributed by atoms with E-state index in [0.717, 1.165) is 12.4 Å². The molecule has 0 fully saturated rings. The molecule has 0 atom stereocenters. The third kappa shape index (κ3) is 1.44. The molecule has 2 aromatic rings. The number of benzene rings is 1. The largest absolute Gasteiger partial charge is 0.397 e. The maximum Gasteiger partial charge on any atom is 0.161 e. The molecule has 0 saturated carbocycles. The van der Waals surface area contributed by atoms with Crippen LogP contribution in [0.4, 0.5) is 14.5 Å². The summed E-state index contributed by atoms with van der Waals surface area (Å²) < 4.78 is 26.7. The molecule has 0 aliphatic rings. The van der Waals surface area contributed by atoms with Crippen molar-refractivity contribution in [3.8, 4) is 5.69 Å². The lowest BCUT2D eigenvalue weighted by Gasteiger charge is -2.04. The highest BCUT2D eigenvalue weighted by atomic mass is 19.1. The first-order chi connectivity index (χ1) is 6.66. The lowest BCUT2D eigenvalue weighted by atomic mass is 10.2. The number of rotatable bonds is 1. The minimum Gasteiger partial charge on any atom is -0.397 e. The van der Waals surface area contributed by atoms with E-state index >= 15 is 0 Å². The first-order valence-corrected chi connectivity index (χ1v) is 3.92. The Hall–Kier alpha value is -1.91. The van der Waals surface area contributed by atoms with Gasteiger partial charge in [0.1, 0.15) is 5.82 Å². The Morgan fingerprint density at radius 1 is 1.21 bits per heavy atom. The topological polar surface area (TPSA) is 43.8 Å². The normalized spacial score (nSPS) is 10.4. The molecule has 72 valence electrons. The molecule has 0 radical (unpaired) electrons. The van der Waals surface area contributed by atoms with Crippen LogP contribution < -0.4 is 5.73 Å². The van der Waals surface area contributed by atoms with Gasteiger partial charge < -0.3 is 5.73 Å². The van der Waals surface area contributed by atoms with Gasteiger partial charge in [0.15, 0.2) is 5.82 Å². The van der Waals surface area contributed by atoms with E-state index in [4.69, 9.17) is 5.73 Å². The molecule has 0 amide bonds. The average molecular weight is 195 g/mol. The van der Waals surface area contributed by atoms with E-state index in [0.29, 0.717) is 11.4 Å². The van der Waals surface area contributed by atoms with Crippen LogP contribution in [0.25, 0.3) is 5.69 Å². The van der Waals surface area contributed by atoms with E-state index in [1.165, 1.54) is 22.9 Å². The molecule has 1 aromatic heterocycles. The first-order valence-electron chi connectivity index (χ1n) is 3.92. The SMILES string of the molecule is Nc1ccc(F)cc1-n1cc(F)cn1. The zero-order chi connectivity index (χ0) is 10.1. The van der Waals surface area contributed by atoms with Crippen molar-refractivity contribution < 1.29 is 8.78 Å². The van der Waals surface area contributed by atoms with Gasteiger partial charge in [0, 0.05) is 6.07 Å². The number of aromatic nitrogens is 2. The fraction of sp³-hybridized carbons (Fsp3) is 0. The highest BCUT2D eigenvalue weighted by molar-refractivity contribution is 5.57. The van der Waals surface area contributed by atoms with Crippen LogP contribution in [-0.4, -0.2) is 9.78 Å². The van der Waals surface area contributed by atoms with Crippen molar-refractivity contribution in [2.45, 2.75) is 0 Å². The minimum absolute atomic E-state index is 0.328. The number of halogens is 2. The highest BCUT2D eigenvalue weighted by Gasteiger charge is 2.05. The van der Waals surface area contributed by atoms with Gasteiger partial charge >= 0.3 is 0 Å². The summed E-state index contributed by atoms with van der Waals surface area (Å²) in [5, 5.41) is 3.68. The van der Waals surface area contributed by atoms with E-state index in [1.54, 1.807) is 0 Å². The van der Waals surface area contributed by atoms with Crippen molar-refractivity contribution >= 4 is 5.69 Å². The van der Waals surface area contributed by atoms with E-state index in [-0.39, 0.29) is 0 Å². The van der Waals surface area contributed by atoms with Crippen LogP contribution in [0.5, 0.6) is 0 Å². The molecule has 0 unspecified atom stereocenters. The minimum atomic E-state index is -0.492. The van der Waals surface area contributed by atoms with Crippen LogP contribution in [0.1, 0.15) is 0 Å². The van der Waals surface area contributed by atoms with Crippen LogP contribution in [0.2, 0.25) is 0 Å². The average Bonchev–Trinajstić information content (AvgIpc) is 2.56. The van der Waals surface area contributed by atoms with E-state index < -0.39 is 11.6 Å². The van der Waals surface area contributed by atoms with Crippen molar-refractivity contribution in [2.24, 2.45) is 0 Å². The molecule has 0 saturated heterocycles. The molecule has 3 nitrogen and oxygen atoms in total. The second kappa shape index (κ2) is 3.10. The number of hydrogen-bond acceptors (Lipinski definition) is 2. The van der Waals surface area contributed by atoms with Crippen LogP contribution in [-0.2, 0) is 0 Å². The third-order valence-corrected chi connectivity index (χ3v) is 1.79. The summed E-state index contributed by atoms with van der Waals surface area (Å²) in [5.41, 5.74) is 6.25. The van der Waals surface area contributed by atoms with Crippen LogP contribution in [0.3, 0.4) is 0 Å². The van der Waals surface area contributed by atoms with Crippen LogP contribution >= 0.6 is 0 Å². The number of nitrogens with zero attached hydrogens (tertiary/aromatic N) is 2. The summed E-state index contributed by atoms with van der Waals surface area (Å²) in [5.74, 6) is -0.932. The Morgan fingerprint density at radius 3 is 2.64 bits per heavy atom. The zero-order valence-electron chi connectivity index (χ0n) is 7.11. The Morgan fingerprint density at radius 2 is 2.00 bits per heavy atom. The second-order valence-electron chi connectivity index (χ2n) is 2.81. The molecule has 14 heavy (non-hydrogen) atoms. The monoisotopic (exact) mass is 195 g/mol.